The molecule has 2 fully saturated rings. The van der Waals surface area contributed by atoms with Crippen molar-refractivity contribution in [1.82, 2.24) is 15.5 Å². The van der Waals surface area contributed by atoms with E-state index in [2.05, 4.69) is 10.6 Å². The number of amides is 2. The second-order valence-electron chi connectivity index (χ2n) is 3.85. The fraction of sp³-hybridized carbons (Fsp3) is 0.875. The summed E-state index contributed by atoms with van der Waals surface area (Å²) < 4.78 is 38.1. The van der Waals surface area contributed by atoms with Gasteiger partial charge in [-0.2, -0.15) is 13.2 Å². The van der Waals surface area contributed by atoms with Gasteiger partial charge in [0.2, 0.25) is 0 Å². The topological polar surface area (TPSA) is 44.4 Å². The Kier molecular flexibility index (Phi) is 2.29. The number of urea groups is 1. The average molecular weight is 223 g/mol. The van der Waals surface area contributed by atoms with Crippen molar-refractivity contribution in [2.75, 3.05) is 13.6 Å². The molecule has 2 bridgehead atoms. The first-order chi connectivity index (χ1) is 6.95. The molecule has 2 aliphatic heterocycles. The molecule has 2 N–H and O–H groups in total. The molecule has 0 radical (unpaired) electrons. The number of alkyl halides is 3. The summed E-state index contributed by atoms with van der Waals surface area (Å²) >= 11 is 0. The highest BCUT2D eigenvalue weighted by Gasteiger charge is 2.59. The summed E-state index contributed by atoms with van der Waals surface area (Å²) in [6, 6.07) is -3.31. The molecule has 2 rings (SSSR count). The summed E-state index contributed by atoms with van der Waals surface area (Å²) in [5.41, 5.74) is 0. The predicted octanol–water partition coefficient (Wildman–Crippen LogP) is 0.303. The number of piperazine rings is 1. The zero-order valence-electron chi connectivity index (χ0n) is 8.14. The zero-order valence-corrected chi connectivity index (χ0v) is 8.14. The van der Waals surface area contributed by atoms with Crippen molar-refractivity contribution in [2.24, 2.45) is 0 Å². The van der Waals surface area contributed by atoms with Gasteiger partial charge in [0.25, 0.3) is 0 Å². The van der Waals surface area contributed by atoms with Crippen molar-refractivity contribution < 1.29 is 18.0 Å². The molecule has 2 heterocycles. The Bertz CT molecular complexity index is 281. The Morgan fingerprint density at radius 2 is 2.20 bits per heavy atom. The highest BCUT2D eigenvalue weighted by atomic mass is 19.4. The second kappa shape index (κ2) is 3.26. The van der Waals surface area contributed by atoms with Gasteiger partial charge in [0.1, 0.15) is 6.04 Å². The molecule has 2 saturated heterocycles. The van der Waals surface area contributed by atoms with Gasteiger partial charge in [-0.3, -0.25) is 0 Å². The molecule has 0 aromatic heterocycles. The summed E-state index contributed by atoms with van der Waals surface area (Å²) in [7, 11) is 1.34. The lowest BCUT2D eigenvalue weighted by atomic mass is 10.1. The van der Waals surface area contributed by atoms with Crippen molar-refractivity contribution >= 4 is 6.03 Å². The minimum Gasteiger partial charge on any atom is -0.341 e. The highest BCUT2D eigenvalue weighted by Crippen LogP contribution is 2.38. The zero-order chi connectivity index (χ0) is 11.2. The fourth-order valence-corrected chi connectivity index (χ4v) is 2.43. The number of carbonyl (C=O) groups is 1. The van der Waals surface area contributed by atoms with E-state index in [1.165, 1.54) is 7.05 Å². The summed E-state index contributed by atoms with van der Waals surface area (Å²) in [6.45, 7) is 0.449. The molecule has 0 aromatic rings. The number of nitrogens with zero attached hydrogens (tertiary/aromatic N) is 1. The summed E-state index contributed by atoms with van der Waals surface area (Å²) in [6.07, 6.45) is -3.98. The van der Waals surface area contributed by atoms with Crippen LogP contribution in [0.2, 0.25) is 0 Å². The van der Waals surface area contributed by atoms with Crippen LogP contribution < -0.4 is 10.6 Å². The number of hydrogen-bond donors (Lipinski definition) is 2. The van der Waals surface area contributed by atoms with E-state index in [-0.39, 0.29) is 6.04 Å². The molecule has 2 amide bonds. The molecular weight excluding hydrogens is 211 g/mol. The normalized spacial score (nSPS) is 34.7. The quantitative estimate of drug-likeness (QED) is 0.620. The first kappa shape index (κ1) is 10.5. The van der Waals surface area contributed by atoms with Crippen LogP contribution in [-0.4, -0.2) is 48.8 Å². The first-order valence-corrected chi connectivity index (χ1v) is 4.75. The first-order valence-electron chi connectivity index (χ1n) is 4.75. The van der Waals surface area contributed by atoms with Gasteiger partial charge in [0.05, 0.1) is 0 Å². The number of likely N-dealkylation sites (tertiary alicyclic amines) is 1. The van der Waals surface area contributed by atoms with Gasteiger partial charge in [-0.1, -0.05) is 0 Å². The standard InChI is InChI=1S/C8H12F3N3O/c1-12-7(15)14-4-2-5(13-3-4)6(14)8(9,10)11/h4-6,13H,2-3H2,1H3,(H,12,15). The number of halogens is 3. The smallest absolute Gasteiger partial charge is 0.341 e. The van der Waals surface area contributed by atoms with E-state index in [1.54, 1.807) is 0 Å². The lowest BCUT2D eigenvalue weighted by Crippen LogP contribution is -2.61. The molecule has 3 atom stereocenters. The minimum atomic E-state index is -4.36. The molecule has 86 valence electrons. The highest BCUT2D eigenvalue weighted by molar-refractivity contribution is 5.75. The molecule has 3 unspecified atom stereocenters. The van der Waals surface area contributed by atoms with Crippen LogP contribution >= 0.6 is 0 Å². The van der Waals surface area contributed by atoms with Gasteiger partial charge in [0, 0.05) is 25.7 Å². The van der Waals surface area contributed by atoms with Crippen molar-refractivity contribution in [1.29, 1.82) is 0 Å². The van der Waals surface area contributed by atoms with E-state index >= 15 is 0 Å². The van der Waals surface area contributed by atoms with Gasteiger partial charge in [-0.05, 0) is 6.42 Å². The fourth-order valence-electron chi connectivity index (χ4n) is 2.43. The minimum absolute atomic E-state index is 0.332. The number of hydrogen-bond acceptors (Lipinski definition) is 2. The van der Waals surface area contributed by atoms with Gasteiger partial charge in [-0.15, -0.1) is 0 Å². The molecule has 4 nitrogen and oxygen atoms in total. The van der Waals surface area contributed by atoms with Crippen molar-refractivity contribution in [3.8, 4) is 0 Å². The summed E-state index contributed by atoms with van der Waals surface area (Å²) in [5.74, 6) is 0. The largest absolute Gasteiger partial charge is 0.410 e. The van der Waals surface area contributed by atoms with Crippen LogP contribution in [0.1, 0.15) is 6.42 Å². The van der Waals surface area contributed by atoms with Gasteiger partial charge < -0.3 is 15.5 Å². The van der Waals surface area contributed by atoms with Gasteiger partial charge in [-0.25, -0.2) is 4.79 Å². The average Bonchev–Trinajstić information content (AvgIpc) is 2.73. The van der Waals surface area contributed by atoms with E-state index in [1.807, 2.05) is 0 Å². The maximum Gasteiger partial charge on any atom is 0.410 e. The third-order valence-electron chi connectivity index (χ3n) is 3.00. The van der Waals surface area contributed by atoms with Crippen LogP contribution in [0.5, 0.6) is 0 Å². The maximum absolute atomic E-state index is 12.7. The molecule has 0 spiro atoms. The Balaban J connectivity index is 2.24. The monoisotopic (exact) mass is 223 g/mol. The van der Waals surface area contributed by atoms with Crippen molar-refractivity contribution in [3.05, 3.63) is 0 Å². The van der Waals surface area contributed by atoms with Gasteiger partial charge >= 0.3 is 12.2 Å². The summed E-state index contributed by atoms with van der Waals surface area (Å²) in [5, 5.41) is 5.03. The Labute approximate surface area is 84.8 Å². The predicted molar refractivity (Wildman–Crippen MR) is 46.3 cm³/mol. The van der Waals surface area contributed by atoms with Crippen LogP contribution in [0.15, 0.2) is 0 Å². The third-order valence-corrected chi connectivity index (χ3v) is 3.00. The van der Waals surface area contributed by atoms with Gasteiger partial charge in [0.15, 0.2) is 0 Å². The van der Waals surface area contributed by atoms with E-state index in [0.29, 0.717) is 13.0 Å². The molecule has 2 aliphatic rings. The second-order valence-corrected chi connectivity index (χ2v) is 3.85. The molecule has 0 saturated carbocycles. The van der Waals surface area contributed by atoms with E-state index in [0.717, 1.165) is 4.90 Å². The number of fused-ring (bicyclic) bond motifs is 2. The molecule has 15 heavy (non-hydrogen) atoms. The Hall–Kier alpha value is -0.980. The SMILES string of the molecule is CNC(=O)N1C2CNC(C2)C1C(F)(F)F. The summed E-state index contributed by atoms with van der Waals surface area (Å²) in [4.78, 5) is 12.3. The number of nitrogens with one attached hydrogen (secondary N) is 2. The van der Waals surface area contributed by atoms with Crippen molar-refractivity contribution in [3.63, 3.8) is 0 Å². The lowest BCUT2D eigenvalue weighted by molar-refractivity contribution is -0.179. The van der Waals surface area contributed by atoms with Crippen LogP contribution in [0.3, 0.4) is 0 Å². The molecular formula is C8H12F3N3O. The third kappa shape index (κ3) is 1.54. The van der Waals surface area contributed by atoms with Crippen LogP contribution in [0.4, 0.5) is 18.0 Å². The van der Waals surface area contributed by atoms with E-state index < -0.39 is 24.3 Å². The van der Waals surface area contributed by atoms with Crippen LogP contribution in [0.25, 0.3) is 0 Å². The number of carbonyl (C=O) groups excluding carboxylic acids is 1. The Morgan fingerprint density at radius 3 is 2.73 bits per heavy atom. The van der Waals surface area contributed by atoms with E-state index in [4.69, 9.17) is 0 Å². The molecule has 0 aromatic carbocycles. The maximum atomic E-state index is 12.7. The lowest BCUT2D eigenvalue weighted by Gasteiger charge is -2.36. The van der Waals surface area contributed by atoms with Crippen LogP contribution in [-0.2, 0) is 0 Å². The van der Waals surface area contributed by atoms with Crippen LogP contribution in [0, 0.1) is 0 Å². The van der Waals surface area contributed by atoms with Crippen molar-refractivity contribution in [2.45, 2.75) is 30.7 Å². The molecule has 7 heteroatoms. The number of rotatable bonds is 0. The Morgan fingerprint density at radius 1 is 1.53 bits per heavy atom. The van der Waals surface area contributed by atoms with E-state index in [9.17, 15) is 18.0 Å². The molecule has 0 aliphatic carbocycles.